The monoisotopic (exact) mass is 274 g/mol. The Bertz CT molecular complexity index is 369. The van der Waals surface area contributed by atoms with Crippen LogP contribution < -0.4 is 0 Å². The Morgan fingerprint density at radius 2 is 2.00 bits per heavy atom. The van der Waals surface area contributed by atoms with Gasteiger partial charge >= 0.3 is 13.8 Å². The van der Waals surface area contributed by atoms with Crippen molar-refractivity contribution in [2.75, 3.05) is 6.61 Å². The number of esters is 1. The van der Waals surface area contributed by atoms with Gasteiger partial charge in [-0.3, -0.25) is 9.79 Å². The summed E-state index contributed by atoms with van der Waals surface area (Å²) in [5.41, 5.74) is 0. The van der Waals surface area contributed by atoms with Gasteiger partial charge in [0.15, 0.2) is 11.9 Å². The van der Waals surface area contributed by atoms with Gasteiger partial charge in [-0.25, -0.2) is 9.36 Å². The molecule has 100 valence electrons. The molecule has 2 atom stereocenters. The van der Waals surface area contributed by atoms with Crippen molar-refractivity contribution < 1.29 is 49.2 Å². The fraction of sp³-hybridized carbons (Fsp3) is 0.500. The highest BCUT2D eigenvalue weighted by Crippen LogP contribution is 2.42. The van der Waals surface area contributed by atoms with E-state index >= 15 is 0 Å². The SMILES string of the molecule is O.O=C1O[C@H]([C@@H](O)CO)C(O)=C1OP(=O)(O)O. The second kappa shape index (κ2) is 5.45. The van der Waals surface area contributed by atoms with Gasteiger partial charge in [-0.2, -0.15) is 0 Å². The summed E-state index contributed by atoms with van der Waals surface area (Å²) in [5, 5.41) is 26.9. The van der Waals surface area contributed by atoms with Crippen LogP contribution in [0.2, 0.25) is 0 Å². The maximum atomic E-state index is 11.0. The van der Waals surface area contributed by atoms with Gasteiger partial charge < -0.3 is 30.1 Å². The number of aliphatic hydroxyl groups excluding tert-OH is 3. The molecule has 0 bridgehead atoms. The van der Waals surface area contributed by atoms with Gasteiger partial charge in [0.25, 0.3) is 5.76 Å². The number of aliphatic hydroxyl groups is 3. The molecule has 7 N–H and O–H groups in total. The van der Waals surface area contributed by atoms with Crippen molar-refractivity contribution in [3.05, 3.63) is 11.5 Å². The summed E-state index contributed by atoms with van der Waals surface area (Å²) in [6.45, 7) is -0.814. The van der Waals surface area contributed by atoms with Crippen LogP contribution in [-0.2, 0) is 18.6 Å². The lowest BCUT2D eigenvalue weighted by molar-refractivity contribution is -0.147. The zero-order valence-corrected chi connectivity index (χ0v) is 9.07. The number of cyclic esters (lactones) is 1. The molecule has 0 saturated carbocycles. The van der Waals surface area contributed by atoms with E-state index in [0.717, 1.165) is 0 Å². The van der Waals surface area contributed by atoms with Crippen LogP contribution in [0.25, 0.3) is 0 Å². The van der Waals surface area contributed by atoms with Crippen molar-refractivity contribution in [2.45, 2.75) is 12.2 Å². The second-order valence-electron chi connectivity index (χ2n) is 2.87. The first kappa shape index (κ1) is 15.8. The molecule has 0 aromatic rings. The van der Waals surface area contributed by atoms with Crippen molar-refractivity contribution in [3.8, 4) is 0 Å². The van der Waals surface area contributed by atoms with Crippen LogP contribution in [0.5, 0.6) is 0 Å². The molecule has 1 aliphatic heterocycles. The standard InChI is InChI=1S/C6H9O9P.H2O/c7-1-2(8)4-3(9)5(6(10)14-4)15-16(11,12)13;/h2,4,7-9H,1H2,(H2,11,12,13);1H2/t2-,4+;/m0./s1. The number of phosphoric ester groups is 1. The Morgan fingerprint density at radius 3 is 2.41 bits per heavy atom. The highest BCUT2D eigenvalue weighted by Gasteiger charge is 2.42. The Kier molecular flexibility index (Phi) is 5.08. The Labute approximate surface area is 94.3 Å². The average Bonchev–Trinajstić information content (AvgIpc) is 2.42. The first-order valence-electron chi connectivity index (χ1n) is 3.94. The lowest BCUT2D eigenvalue weighted by Crippen LogP contribution is -2.31. The van der Waals surface area contributed by atoms with Crippen molar-refractivity contribution in [1.82, 2.24) is 0 Å². The molecule has 0 fully saturated rings. The van der Waals surface area contributed by atoms with Crippen LogP contribution in [0.3, 0.4) is 0 Å². The summed E-state index contributed by atoms with van der Waals surface area (Å²) >= 11 is 0. The van der Waals surface area contributed by atoms with Crippen molar-refractivity contribution in [3.63, 3.8) is 0 Å². The lowest BCUT2D eigenvalue weighted by atomic mass is 10.2. The first-order valence-corrected chi connectivity index (χ1v) is 5.47. The van der Waals surface area contributed by atoms with E-state index in [1.54, 1.807) is 0 Å². The first-order chi connectivity index (χ1) is 7.26. The van der Waals surface area contributed by atoms with Gasteiger partial charge in [-0.15, -0.1) is 0 Å². The largest absolute Gasteiger partial charge is 0.525 e. The van der Waals surface area contributed by atoms with Crippen LogP contribution in [-0.4, -0.2) is 55.4 Å². The van der Waals surface area contributed by atoms with Crippen LogP contribution in [0.1, 0.15) is 0 Å². The topological polar surface area (TPSA) is 185 Å². The molecule has 1 aliphatic rings. The summed E-state index contributed by atoms with van der Waals surface area (Å²) in [4.78, 5) is 27.8. The van der Waals surface area contributed by atoms with E-state index in [-0.39, 0.29) is 5.48 Å². The van der Waals surface area contributed by atoms with Crippen LogP contribution in [0.4, 0.5) is 0 Å². The smallest absolute Gasteiger partial charge is 0.505 e. The number of ether oxygens (including phenoxy) is 1. The molecular weight excluding hydrogens is 263 g/mol. The molecule has 0 aromatic carbocycles. The molecule has 0 aliphatic carbocycles. The normalized spacial score (nSPS) is 21.9. The number of rotatable bonds is 4. The average molecular weight is 274 g/mol. The molecule has 1 heterocycles. The van der Waals surface area contributed by atoms with Gasteiger partial charge in [0.1, 0.15) is 6.10 Å². The van der Waals surface area contributed by atoms with Crippen LogP contribution in [0, 0.1) is 0 Å². The third kappa shape index (κ3) is 3.66. The van der Waals surface area contributed by atoms with E-state index in [4.69, 9.17) is 20.0 Å². The molecule has 0 aromatic heterocycles. The predicted octanol–water partition coefficient (Wildman–Crippen LogP) is -2.68. The number of carbonyl (C=O) groups excluding carboxylic acids is 1. The fourth-order valence-corrected chi connectivity index (χ4v) is 1.42. The summed E-state index contributed by atoms with van der Waals surface area (Å²) in [6, 6.07) is 0. The molecule has 0 spiro atoms. The number of carbonyl (C=O) groups is 1. The zero-order valence-electron chi connectivity index (χ0n) is 8.18. The van der Waals surface area contributed by atoms with Crippen LogP contribution >= 0.6 is 7.82 Å². The zero-order chi connectivity index (χ0) is 12.5. The Morgan fingerprint density at radius 1 is 1.47 bits per heavy atom. The van der Waals surface area contributed by atoms with Gasteiger partial charge in [-0.1, -0.05) is 0 Å². The summed E-state index contributed by atoms with van der Waals surface area (Å²) in [5.74, 6) is -3.39. The number of hydrogen-bond donors (Lipinski definition) is 5. The van der Waals surface area contributed by atoms with Crippen molar-refractivity contribution in [2.24, 2.45) is 0 Å². The Balaban J connectivity index is 0.00000256. The van der Waals surface area contributed by atoms with E-state index < -0.39 is 44.1 Å². The molecule has 11 heteroatoms. The molecule has 0 amide bonds. The molecule has 0 unspecified atom stereocenters. The second-order valence-corrected chi connectivity index (χ2v) is 4.04. The van der Waals surface area contributed by atoms with Crippen LogP contribution in [0.15, 0.2) is 11.5 Å². The molecular formula is C6H11O10P. The maximum Gasteiger partial charge on any atom is 0.525 e. The molecule has 17 heavy (non-hydrogen) atoms. The highest BCUT2D eigenvalue weighted by atomic mass is 31.2. The minimum absolute atomic E-state index is 0. The number of phosphoric acid groups is 1. The molecule has 0 radical (unpaired) electrons. The predicted molar refractivity (Wildman–Crippen MR) is 49.4 cm³/mol. The Hall–Kier alpha value is -1.16. The van der Waals surface area contributed by atoms with Gasteiger partial charge in [0.05, 0.1) is 6.61 Å². The maximum absolute atomic E-state index is 11.0. The molecule has 1 rings (SSSR count). The van der Waals surface area contributed by atoms with Crippen molar-refractivity contribution >= 4 is 13.8 Å². The van der Waals surface area contributed by atoms with Gasteiger partial charge in [0, 0.05) is 0 Å². The van der Waals surface area contributed by atoms with E-state index in [9.17, 15) is 14.5 Å². The molecule has 10 nitrogen and oxygen atoms in total. The van der Waals surface area contributed by atoms with E-state index in [1.807, 2.05) is 0 Å². The minimum Gasteiger partial charge on any atom is -0.505 e. The third-order valence-corrected chi connectivity index (χ3v) is 2.09. The quantitative estimate of drug-likeness (QED) is 0.269. The summed E-state index contributed by atoms with van der Waals surface area (Å²) < 4.78 is 18.7. The highest BCUT2D eigenvalue weighted by molar-refractivity contribution is 7.46. The molecule has 0 saturated heterocycles. The van der Waals surface area contributed by atoms with E-state index in [2.05, 4.69) is 9.26 Å². The third-order valence-electron chi connectivity index (χ3n) is 1.67. The van der Waals surface area contributed by atoms with Gasteiger partial charge in [-0.05, 0) is 0 Å². The van der Waals surface area contributed by atoms with Crippen molar-refractivity contribution in [1.29, 1.82) is 0 Å². The fourth-order valence-electron chi connectivity index (χ4n) is 1.02. The lowest BCUT2D eigenvalue weighted by Gasteiger charge is -2.13. The summed E-state index contributed by atoms with van der Waals surface area (Å²) in [7, 11) is -5.02. The number of hydrogen-bond acceptors (Lipinski definition) is 7. The minimum atomic E-state index is -5.02. The van der Waals surface area contributed by atoms with E-state index in [1.165, 1.54) is 0 Å². The summed E-state index contributed by atoms with van der Waals surface area (Å²) in [6.07, 6.45) is -3.21. The van der Waals surface area contributed by atoms with E-state index in [0.29, 0.717) is 0 Å². The van der Waals surface area contributed by atoms with Gasteiger partial charge in [0.2, 0.25) is 0 Å².